The summed E-state index contributed by atoms with van der Waals surface area (Å²) >= 11 is 15.8. The van der Waals surface area contributed by atoms with Gasteiger partial charge in [-0.25, -0.2) is 0 Å². The van der Waals surface area contributed by atoms with Gasteiger partial charge in [-0.1, -0.05) is 48.0 Å². The highest BCUT2D eigenvalue weighted by Crippen LogP contribution is 2.36. The number of halogens is 3. The molecule has 1 rings (SSSR count). The zero-order valence-corrected chi connectivity index (χ0v) is 12.7. The highest BCUT2D eigenvalue weighted by Gasteiger charge is 2.32. The van der Waals surface area contributed by atoms with E-state index in [-0.39, 0.29) is 5.41 Å². The third-order valence-electron chi connectivity index (χ3n) is 3.26. The lowest BCUT2D eigenvalue weighted by molar-refractivity contribution is 0.258. The van der Waals surface area contributed by atoms with E-state index in [1.807, 2.05) is 12.1 Å². The number of alkyl halides is 2. The maximum absolute atomic E-state index is 6.12. The van der Waals surface area contributed by atoms with Crippen LogP contribution in [-0.4, -0.2) is 11.8 Å². The summed E-state index contributed by atoms with van der Waals surface area (Å²) in [7, 11) is 0. The van der Waals surface area contributed by atoms with Crippen molar-refractivity contribution in [2.24, 2.45) is 11.3 Å². The fourth-order valence-electron chi connectivity index (χ4n) is 1.66. The molecule has 16 heavy (non-hydrogen) atoms. The summed E-state index contributed by atoms with van der Waals surface area (Å²) in [5.41, 5.74) is 1.25. The van der Waals surface area contributed by atoms with Gasteiger partial charge in [-0.2, -0.15) is 0 Å². The first-order valence-corrected chi connectivity index (χ1v) is 7.27. The van der Waals surface area contributed by atoms with Gasteiger partial charge in [0.05, 0.1) is 0 Å². The highest BCUT2D eigenvalue weighted by atomic mass is 79.9. The second kappa shape index (κ2) is 6.28. The van der Waals surface area contributed by atoms with E-state index >= 15 is 0 Å². The Hall–Kier alpha value is 0.280. The highest BCUT2D eigenvalue weighted by molar-refractivity contribution is 9.10. The van der Waals surface area contributed by atoms with Crippen molar-refractivity contribution < 1.29 is 0 Å². The molecule has 0 fully saturated rings. The molecule has 0 aromatic heterocycles. The van der Waals surface area contributed by atoms with Crippen LogP contribution in [0.5, 0.6) is 0 Å². The second-order valence-electron chi connectivity index (χ2n) is 4.55. The van der Waals surface area contributed by atoms with Crippen molar-refractivity contribution in [3.05, 3.63) is 34.3 Å². The summed E-state index contributed by atoms with van der Waals surface area (Å²) in [5, 5.41) is 0. The molecular weight excluding hydrogens is 307 g/mol. The van der Waals surface area contributed by atoms with Crippen LogP contribution in [0.1, 0.15) is 19.4 Å². The van der Waals surface area contributed by atoms with Crippen molar-refractivity contribution in [2.45, 2.75) is 20.3 Å². The summed E-state index contributed by atoms with van der Waals surface area (Å²) in [6.07, 6.45) is 0.916. The molecule has 0 radical (unpaired) electrons. The van der Waals surface area contributed by atoms with Crippen molar-refractivity contribution >= 4 is 39.1 Å². The van der Waals surface area contributed by atoms with Crippen LogP contribution in [0.4, 0.5) is 0 Å². The Morgan fingerprint density at radius 3 is 2.19 bits per heavy atom. The van der Waals surface area contributed by atoms with Gasteiger partial charge in [0.25, 0.3) is 0 Å². The molecular formula is C13H17BrCl2. The molecule has 0 spiro atoms. The first-order chi connectivity index (χ1) is 7.55. The average Bonchev–Trinajstić information content (AvgIpc) is 2.28. The Morgan fingerprint density at radius 2 is 1.75 bits per heavy atom. The predicted molar refractivity (Wildman–Crippen MR) is 76.6 cm³/mol. The molecule has 0 aliphatic carbocycles. The normalized spacial score (nSPS) is 12.1. The second-order valence-corrected chi connectivity index (χ2v) is 5.94. The van der Waals surface area contributed by atoms with Gasteiger partial charge in [-0.3, -0.25) is 0 Å². The number of hydrogen-bond acceptors (Lipinski definition) is 0. The van der Waals surface area contributed by atoms with E-state index in [1.165, 1.54) is 5.56 Å². The van der Waals surface area contributed by atoms with E-state index in [9.17, 15) is 0 Å². The largest absolute Gasteiger partial charge is 0.126 e. The molecule has 0 amide bonds. The molecule has 0 bridgehead atoms. The van der Waals surface area contributed by atoms with Crippen LogP contribution < -0.4 is 0 Å². The number of rotatable bonds is 5. The summed E-state index contributed by atoms with van der Waals surface area (Å²) in [6.45, 7) is 4.36. The first kappa shape index (κ1) is 14.3. The summed E-state index contributed by atoms with van der Waals surface area (Å²) in [4.78, 5) is 0. The van der Waals surface area contributed by atoms with Gasteiger partial charge < -0.3 is 0 Å². The molecule has 0 aliphatic heterocycles. The quantitative estimate of drug-likeness (QED) is 0.660. The molecule has 0 N–H and O–H groups in total. The lowest BCUT2D eigenvalue weighted by Gasteiger charge is -2.34. The van der Waals surface area contributed by atoms with Gasteiger partial charge in [0, 0.05) is 21.6 Å². The monoisotopic (exact) mass is 322 g/mol. The lowest BCUT2D eigenvalue weighted by atomic mass is 9.76. The van der Waals surface area contributed by atoms with E-state index in [2.05, 4.69) is 41.9 Å². The van der Waals surface area contributed by atoms with Crippen molar-refractivity contribution in [2.75, 3.05) is 11.8 Å². The molecule has 0 saturated carbocycles. The van der Waals surface area contributed by atoms with Crippen LogP contribution in [0.15, 0.2) is 28.7 Å². The van der Waals surface area contributed by atoms with E-state index < -0.39 is 0 Å². The standard InChI is InChI=1S/C13H17BrCl2/c1-10(2)13(8-15,9-16)7-11-5-3-4-6-12(11)14/h3-6,10H,7-9H2,1-2H3. The van der Waals surface area contributed by atoms with E-state index in [0.717, 1.165) is 10.9 Å². The summed E-state index contributed by atoms with van der Waals surface area (Å²) < 4.78 is 1.13. The van der Waals surface area contributed by atoms with Crippen molar-refractivity contribution in [3.8, 4) is 0 Å². The third kappa shape index (κ3) is 3.15. The summed E-state index contributed by atoms with van der Waals surface area (Å²) in [6, 6.07) is 8.25. The van der Waals surface area contributed by atoms with E-state index in [0.29, 0.717) is 17.7 Å². The van der Waals surface area contributed by atoms with Gasteiger partial charge in [-0.15, -0.1) is 23.2 Å². The summed E-state index contributed by atoms with van der Waals surface area (Å²) in [5.74, 6) is 1.65. The van der Waals surface area contributed by atoms with Gasteiger partial charge in [0.15, 0.2) is 0 Å². The van der Waals surface area contributed by atoms with Crippen LogP contribution >= 0.6 is 39.1 Å². The van der Waals surface area contributed by atoms with Crippen LogP contribution in [-0.2, 0) is 6.42 Å². The van der Waals surface area contributed by atoms with Crippen LogP contribution in [0, 0.1) is 11.3 Å². The Kier molecular flexibility index (Phi) is 5.63. The molecule has 0 saturated heterocycles. The lowest BCUT2D eigenvalue weighted by Crippen LogP contribution is -2.34. The zero-order valence-electron chi connectivity index (χ0n) is 9.64. The van der Waals surface area contributed by atoms with Crippen LogP contribution in [0.3, 0.4) is 0 Å². The molecule has 90 valence electrons. The van der Waals surface area contributed by atoms with Gasteiger partial charge >= 0.3 is 0 Å². The van der Waals surface area contributed by atoms with E-state index in [1.54, 1.807) is 0 Å². The predicted octanol–water partition coefficient (Wildman–Crippen LogP) is 5.11. The number of benzene rings is 1. The molecule has 3 heteroatoms. The van der Waals surface area contributed by atoms with Gasteiger partial charge in [-0.05, 0) is 24.0 Å². The maximum atomic E-state index is 6.12. The molecule has 0 aliphatic rings. The molecule has 0 unspecified atom stereocenters. The minimum Gasteiger partial charge on any atom is -0.126 e. The Labute approximate surface area is 116 Å². The minimum absolute atomic E-state index is 0.0208. The zero-order chi connectivity index (χ0) is 12.2. The molecule has 0 atom stereocenters. The molecule has 1 aromatic carbocycles. The molecule has 0 heterocycles. The van der Waals surface area contributed by atoms with Crippen LogP contribution in [0.2, 0.25) is 0 Å². The minimum atomic E-state index is -0.0208. The molecule has 0 nitrogen and oxygen atoms in total. The van der Waals surface area contributed by atoms with Crippen molar-refractivity contribution in [3.63, 3.8) is 0 Å². The topological polar surface area (TPSA) is 0 Å². The smallest absolute Gasteiger partial charge is 0.0297 e. The van der Waals surface area contributed by atoms with Crippen molar-refractivity contribution in [1.29, 1.82) is 0 Å². The van der Waals surface area contributed by atoms with Gasteiger partial charge in [0.1, 0.15) is 0 Å². The Morgan fingerprint density at radius 1 is 1.19 bits per heavy atom. The average molecular weight is 324 g/mol. The van der Waals surface area contributed by atoms with Gasteiger partial charge in [0.2, 0.25) is 0 Å². The Balaban J connectivity index is 2.96. The SMILES string of the molecule is CC(C)C(CCl)(CCl)Cc1ccccc1Br. The fraction of sp³-hybridized carbons (Fsp3) is 0.538. The third-order valence-corrected chi connectivity index (χ3v) is 5.10. The first-order valence-electron chi connectivity index (χ1n) is 5.41. The van der Waals surface area contributed by atoms with E-state index in [4.69, 9.17) is 23.2 Å². The van der Waals surface area contributed by atoms with Crippen molar-refractivity contribution in [1.82, 2.24) is 0 Å². The maximum Gasteiger partial charge on any atom is 0.0297 e. The van der Waals surface area contributed by atoms with Crippen LogP contribution in [0.25, 0.3) is 0 Å². The molecule has 1 aromatic rings. The Bertz CT molecular complexity index is 332. The fourth-order valence-corrected chi connectivity index (χ4v) is 3.18. The number of hydrogen-bond donors (Lipinski definition) is 0.